The third-order valence-electron chi connectivity index (χ3n) is 3.64. The normalized spacial score (nSPS) is 19.4. The summed E-state index contributed by atoms with van der Waals surface area (Å²) in [6.07, 6.45) is -4.24. The third kappa shape index (κ3) is 3.09. The molecule has 5 heteroatoms. The maximum atomic E-state index is 13.5. The number of rotatable bonds is 2. The van der Waals surface area contributed by atoms with Crippen LogP contribution in [0.5, 0.6) is 0 Å². The van der Waals surface area contributed by atoms with Gasteiger partial charge in [-0.2, -0.15) is 13.2 Å². The van der Waals surface area contributed by atoms with Gasteiger partial charge in [-0.25, -0.2) is 0 Å². The van der Waals surface area contributed by atoms with Crippen molar-refractivity contribution in [1.29, 1.82) is 0 Å². The average molecular weight is 272 g/mol. The number of piperazine rings is 1. The second-order valence-corrected chi connectivity index (χ2v) is 5.04. The van der Waals surface area contributed by atoms with Crippen LogP contribution in [0.4, 0.5) is 13.2 Å². The van der Waals surface area contributed by atoms with Crippen molar-refractivity contribution in [2.75, 3.05) is 26.2 Å². The van der Waals surface area contributed by atoms with Gasteiger partial charge in [0.1, 0.15) is 6.04 Å². The summed E-state index contributed by atoms with van der Waals surface area (Å²) in [7, 11) is 0. The van der Waals surface area contributed by atoms with E-state index in [1.807, 2.05) is 0 Å². The number of nitrogens with one attached hydrogen (secondary N) is 1. The lowest BCUT2D eigenvalue weighted by Gasteiger charge is -2.37. The lowest BCUT2D eigenvalue weighted by atomic mass is 9.94. The molecule has 1 aliphatic rings. The topological polar surface area (TPSA) is 15.3 Å². The highest BCUT2D eigenvalue weighted by atomic mass is 19.4. The third-order valence-corrected chi connectivity index (χ3v) is 3.64. The summed E-state index contributed by atoms with van der Waals surface area (Å²) in [6.45, 7) is 5.58. The first-order valence-corrected chi connectivity index (χ1v) is 6.49. The van der Waals surface area contributed by atoms with Crippen LogP contribution in [-0.2, 0) is 0 Å². The molecule has 19 heavy (non-hydrogen) atoms. The molecule has 0 saturated carbocycles. The van der Waals surface area contributed by atoms with Crippen molar-refractivity contribution in [3.8, 4) is 0 Å². The fourth-order valence-corrected chi connectivity index (χ4v) is 2.75. The van der Waals surface area contributed by atoms with Crippen LogP contribution in [0.15, 0.2) is 18.2 Å². The van der Waals surface area contributed by atoms with Gasteiger partial charge in [-0.1, -0.05) is 18.2 Å². The van der Waals surface area contributed by atoms with Crippen LogP contribution >= 0.6 is 0 Å². The van der Waals surface area contributed by atoms with E-state index in [2.05, 4.69) is 5.32 Å². The van der Waals surface area contributed by atoms with Gasteiger partial charge in [0, 0.05) is 26.2 Å². The van der Waals surface area contributed by atoms with Gasteiger partial charge in [0.15, 0.2) is 0 Å². The van der Waals surface area contributed by atoms with Gasteiger partial charge >= 0.3 is 6.18 Å². The SMILES string of the molecule is Cc1cccc(C)c1[C@H](N1CCNCC1)C(F)(F)F. The van der Waals surface area contributed by atoms with Crippen LogP contribution < -0.4 is 5.32 Å². The zero-order chi connectivity index (χ0) is 14.0. The Kier molecular flexibility index (Phi) is 4.16. The number of alkyl halides is 3. The Morgan fingerprint density at radius 2 is 1.63 bits per heavy atom. The summed E-state index contributed by atoms with van der Waals surface area (Å²) in [5, 5.41) is 3.09. The first kappa shape index (κ1) is 14.3. The minimum Gasteiger partial charge on any atom is -0.314 e. The van der Waals surface area contributed by atoms with E-state index in [1.165, 1.54) is 4.90 Å². The highest BCUT2D eigenvalue weighted by molar-refractivity contribution is 5.37. The van der Waals surface area contributed by atoms with E-state index in [1.54, 1.807) is 32.0 Å². The Bertz CT molecular complexity index is 417. The molecule has 1 aliphatic heterocycles. The van der Waals surface area contributed by atoms with Crippen molar-refractivity contribution in [3.63, 3.8) is 0 Å². The lowest BCUT2D eigenvalue weighted by Crippen LogP contribution is -2.49. The van der Waals surface area contributed by atoms with Gasteiger partial charge in [0.2, 0.25) is 0 Å². The zero-order valence-electron chi connectivity index (χ0n) is 11.2. The molecule has 1 aromatic rings. The van der Waals surface area contributed by atoms with Crippen molar-refractivity contribution >= 4 is 0 Å². The van der Waals surface area contributed by atoms with Crippen LogP contribution in [0.3, 0.4) is 0 Å². The van der Waals surface area contributed by atoms with Crippen LogP contribution in [0, 0.1) is 13.8 Å². The Labute approximate surface area is 111 Å². The Balaban J connectivity index is 2.43. The van der Waals surface area contributed by atoms with Gasteiger partial charge in [0.25, 0.3) is 0 Å². The highest BCUT2D eigenvalue weighted by Gasteiger charge is 2.45. The lowest BCUT2D eigenvalue weighted by molar-refractivity contribution is -0.188. The molecule has 2 nitrogen and oxygen atoms in total. The molecule has 1 saturated heterocycles. The molecule has 1 N–H and O–H groups in total. The fraction of sp³-hybridized carbons (Fsp3) is 0.571. The number of nitrogens with zero attached hydrogens (tertiary/aromatic N) is 1. The van der Waals surface area contributed by atoms with Gasteiger partial charge in [-0.15, -0.1) is 0 Å². The predicted molar refractivity (Wildman–Crippen MR) is 69.2 cm³/mol. The molecule has 1 fully saturated rings. The van der Waals surface area contributed by atoms with E-state index in [-0.39, 0.29) is 0 Å². The predicted octanol–water partition coefficient (Wildman–Crippen LogP) is 2.81. The molecule has 0 spiro atoms. The first-order chi connectivity index (χ1) is 8.91. The van der Waals surface area contributed by atoms with Crippen LogP contribution in [-0.4, -0.2) is 37.3 Å². The molecule has 0 radical (unpaired) electrons. The van der Waals surface area contributed by atoms with Crippen LogP contribution in [0.25, 0.3) is 0 Å². The minimum atomic E-state index is -4.24. The molecule has 0 aromatic heterocycles. The molecule has 0 amide bonds. The van der Waals surface area contributed by atoms with Gasteiger partial charge in [-0.3, -0.25) is 4.90 Å². The summed E-state index contributed by atoms with van der Waals surface area (Å²) >= 11 is 0. The second kappa shape index (κ2) is 5.51. The second-order valence-electron chi connectivity index (χ2n) is 5.04. The van der Waals surface area contributed by atoms with Gasteiger partial charge in [0.05, 0.1) is 0 Å². The summed E-state index contributed by atoms with van der Waals surface area (Å²) in [5.41, 5.74) is 1.83. The maximum absolute atomic E-state index is 13.5. The Morgan fingerprint density at radius 1 is 1.11 bits per heavy atom. The summed E-state index contributed by atoms with van der Waals surface area (Å²) in [4.78, 5) is 1.53. The summed E-state index contributed by atoms with van der Waals surface area (Å²) < 4.78 is 40.5. The van der Waals surface area contributed by atoms with Crippen molar-refractivity contribution in [2.24, 2.45) is 0 Å². The molecule has 0 bridgehead atoms. The van der Waals surface area contributed by atoms with E-state index in [9.17, 15) is 13.2 Å². The molecule has 106 valence electrons. The van der Waals surface area contributed by atoms with Crippen molar-refractivity contribution in [3.05, 3.63) is 34.9 Å². The zero-order valence-corrected chi connectivity index (χ0v) is 11.2. The van der Waals surface area contributed by atoms with Crippen LogP contribution in [0.2, 0.25) is 0 Å². The van der Waals surface area contributed by atoms with Crippen molar-refractivity contribution < 1.29 is 13.2 Å². The van der Waals surface area contributed by atoms with Crippen molar-refractivity contribution in [1.82, 2.24) is 10.2 Å². The van der Waals surface area contributed by atoms with Gasteiger partial charge in [-0.05, 0) is 30.5 Å². The standard InChI is InChI=1S/C14H19F3N2/c1-10-4-3-5-11(2)12(10)13(14(15,16)17)19-8-6-18-7-9-19/h3-5,13,18H,6-9H2,1-2H3/t13-/m0/s1. The molecule has 0 aliphatic carbocycles. The molecule has 1 heterocycles. The summed E-state index contributed by atoms with van der Waals surface area (Å²) in [6, 6.07) is 3.82. The highest BCUT2D eigenvalue weighted by Crippen LogP contribution is 2.40. The molecular formula is C14H19F3N2. The quantitative estimate of drug-likeness (QED) is 0.890. The minimum absolute atomic E-state index is 0.414. The van der Waals surface area contributed by atoms with E-state index in [4.69, 9.17) is 0 Å². The van der Waals surface area contributed by atoms with Crippen LogP contribution in [0.1, 0.15) is 22.7 Å². The number of aryl methyl sites for hydroxylation is 2. The van der Waals surface area contributed by atoms with Gasteiger partial charge < -0.3 is 5.32 Å². The smallest absolute Gasteiger partial charge is 0.314 e. The molecule has 2 rings (SSSR count). The molecular weight excluding hydrogens is 253 g/mol. The Morgan fingerprint density at radius 3 is 2.11 bits per heavy atom. The van der Waals surface area contributed by atoms with E-state index in [0.717, 1.165) is 0 Å². The Hall–Kier alpha value is -1.07. The first-order valence-electron chi connectivity index (χ1n) is 6.49. The van der Waals surface area contributed by atoms with E-state index >= 15 is 0 Å². The van der Waals surface area contributed by atoms with E-state index in [0.29, 0.717) is 42.9 Å². The largest absolute Gasteiger partial charge is 0.408 e. The number of hydrogen-bond donors (Lipinski definition) is 1. The monoisotopic (exact) mass is 272 g/mol. The average Bonchev–Trinajstić information content (AvgIpc) is 2.33. The molecule has 1 atom stereocenters. The van der Waals surface area contributed by atoms with E-state index < -0.39 is 12.2 Å². The number of halogens is 3. The molecule has 0 unspecified atom stereocenters. The number of benzene rings is 1. The fourth-order valence-electron chi connectivity index (χ4n) is 2.75. The maximum Gasteiger partial charge on any atom is 0.408 e. The molecule has 1 aromatic carbocycles. The number of hydrogen-bond acceptors (Lipinski definition) is 2. The van der Waals surface area contributed by atoms with Crippen molar-refractivity contribution in [2.45, 2.75) is 26.1 Å². The summed E-state index contributed by atoms with van der Waals surface area (Å²) in [5.74, 6) is 0.